The van der Waals surface area contributed by atoms with Gasteiger partial charge in [0.25, 0.3) is 0 Å². The van der Waals surface area contributed by atoms with Crippen LogP contribution in [-0.4, -0.2) is 99.7 Å². The fraction of sp³-hybridized carbons (Fsp3) is 0.0833. The standard InChI is InChI=1S/C48H30N20O4/c1-21-45(69-25-9-5-13-49-17-25)57-33-29(53-21)37-61-41(33)66-38-31-35(59-47(23(3)55-31)71-27-11-7-15-51-19-27)43(63-38)68-40-32-36(60-48(24(4)56-32)72-28-12-8-16-52-20-28)44(64-40)67-39-30-34(42(62-39)65-37)58-46(22(2)54-30)70-26-10-6-14-50-18-26/h5-20H,1-4H3,(H2,61,62,63,64,65,66,67,68). The van der Waals surface area contributed by atoms with E-state index in [1.165, 1.54) is 0 Å². The Morgan fingerprint density at radius 1 is 0.306 bits per heavy atom. The van der Waals surface area contributed by atoms with Crippen LogP contribution in [0.5, 0.6) is 46.5 Å². The van der Waals surface area contributed by atoms with Gasteiger partial charge in [0.1, 0.15) is 90.6 Å². The molecule has 13 heterocycles. The van der Waals surface area contributed by atoms with E-state index in [0.29, 0.717) is 56.8 Å². The van der Waals surface area contributed by atoms with Gasteiger partial charge in [-0.2, -0.15) is 0 Å². The van der Waals surface area contributed by atoms with Crippen LogP contribution in [0.2, 0.25) is 0 Å². The van der Waals surface area contributed by atoms with Crippen molar-refractivity contribution in [3.05, 3.63) is 121 Å². The molecule has 0 saturated heterocycles. The summed E-state index contributed by atoms with van der Waals surface area (Å²) in [6, 6.07) is 14.0. The number of fused-ring (bicyclic) bond motifs is 20. The predicted molar refractivity (Wildman–Crippen MR) is 255 cm³/mol. The van der Waals surface area contributed by atoms with Crippen molar-refractivity contribution in [1.29, 1.82) is 0 Å². The van der Waals surface area contributed by atoms with E-state index >= 15 is 0 Å². The molecule has 2 aliphatic rings. The number of aromatic nitrogens is 20. The Hall–Kier alpha value is -10.5. The molecule has 0 saturated carbocycles. The van der Waals surface area contributed by atoms with Crippen LogP contribution in [0.3, 0.4) is 0 Å². The van der Waals surface area contributed by atoms with Crippen molar-refractivity contribution < 1.29 is 18.9 Å². The molecule has 0 amide bonds. The Morgan fingerprint density at radius 2 is 0.583 bits per heavy atom. The lowest BCUT2D eigenvalue weighted by Gasteiger charge is -2.08. The van der Waals surface area contributed by atoms with E-state index in [2.05, 4.69) is 29.9 Å². The highest BCUT2D eigenvalue weighted by atomic mass is 16.5. The van der Waals surface area contributed by atoms with Gasteiger partial charge in [-0.25, -0.2) is 69.8 Å². The zero-order valence-corrected chi connectivity index (χ0v) is 37.9. The second kappa shape index (κ2) is 16.6. The number of H-pyrrole nitrogens is 2. The summed E-state index contributed by atoms with van der Waals surface area (Å²) in [5.74, 6) is 3.02. The molecule has 8 bridgehead atoms. The maximum absolute atomic E-state index is 6.20. The number of hydrogen-bond acceptors (Lipinski definition) is 22. The number of ether oxygens (including phenoxy) is 4. The Morgan fingerprint density at radius 3 is 0.889 bits per heavy atom. The maximum Gasteiger partial charge on any atom is 0.241 e. The highest BCUT2D eigenvalue weighted by Gasteiger charge is 2.29. The van der Waals surface area contributed by atoms with E-state index < -0.39 is 0 Å². The third-order valence-electron chi connectivity index (χ3n) is 11.0. The molecular weight excluding hydrogens is 921 g/mol. The molecular formula is C48H30N20O4. The molecule has 13 rings (SSSR count). The molecule has 0 unspecified atom stereocenters. The maximum atomic E-state index is 6.20. The van der Waals surface area contributed by atoms with Gasteiger partial charge in [0.2, 0.25) is 23.5 Å². The number of pyridine rings is 4. The molecule has 2 N–H and O–H groups in total. The Balaban J connectivity index is 1.12. The van der Waals surface area contributed by atoms with Crippen molar-refractivity contribution in [3.63, 3.8) is 0 Å². The largest absolute Gasteiger partial charge is 0.436 e. The zero-order valence-electron chi connectivity index (χ0n) is 37.9. The molecule has 11 aromatic heterocycles. The molecule has 11 aromatic rings. The third-order valence-corrected chi connectivity index (χ3v) is 11.0. The lowest BCUT2D eigenvalue weighted by Crippen LogP contribution is -1.99. The topological polar surface area (TPSA) is 301 Å². The zero-order chi connectivity index (χ0) is 48.5. The van der Waals surface area contributed by atoms with Crippen LogP contribution in [0.4, 0.5) is 0 Å². The van der Waals surface area contributed by atoms with Crippen molar-refractivity contribution >= 4 is 44.7 Å². The Bertz CT molecular complexity index is 3900. The van der Waals surface area contributed by atoms with Crippen LogP contribution in [0.1, 0.15) is 22.8 Å². The number of nitrogens with one attached hydrogen (secondary N) is 2. The van der Waals surface area contributed by atoms with E-state index in [0.717, 1.165) is 0 Å². The van der Waals surface area contributed by atoms with Crippen LogP contribution in [0, 0.1) is 27.7 Å². The molecule has 0 aliphatic carbocycles. The van der Waals surface area contributed by atoms with Crippen LogP contribution in [0.15, 0.2) is 98.1 Å². The van der Waals surface area contributed by atoms with E-state index in [1.807, 2.05) is 0 Å². The van der Waals surface area contributed by atoms with Crippen LogP contribution in [-0.2, 0) is 0 Å². The lowest BCUT2D eigenvalue weighted by molar-refractivity contribution is 0.454. The van der Waals surface area contributed by atoms with E-state index in [4.69, 9.17) is 88.7 Å². The molecule has 346 valence electrons. The minimum absolute atomic E-state index is 0.106. The van der Waals surface area contributed by atoms with E-state index in [9.17, 15) is 0 Å². The minimum Gasteiger partial charge on any atom is -0.436 e. The first-order valence-electron chi connectivity index (χ1n) is 21.9. The summed E-state index contributed by atoms with van der Waals surface area (Å²) in [7, 11) is 0. The number of rotatable bonds is 8. The fourth-order valence-corrected chi connectivity index (χ4v) is 7.70. The predicted octanol–water partition coefficient (Wildman–Crippen LogP) is 8.01. The number of hydrogen-bond donors (Lipinski definition) is 2. The van der Waals surface area contributed by atoms with Crippen molar-refractivity contribution in [2.24, 2.45) is 0 Å². The number of aryl methyl sites for hydroxylation is 4. The summed E-state index contributed by atoms with van der Waals surface area (Å²) in [6.07, 6.45) is 12.9. The monoisotopic (exact) mass is 950 g/mol. The van der Waals surface area contributed by atoms with Gasteiger partial charge >= 0.3 is 0 Å². The second-order valence-corrected chi connectivity index (χ2v) is 16.0. The van der Waals surface area contributed by atoms with Crippen molar-refractivity contribution in [2.45, 2.75) is 27.7 Å². The van der Waals surface area contributed by atoms with Crippen molar-refractivity contribution in [3.8, 4) is 92.6 Å². The molecule has 0 spiro atoms. The first kappa shape index (κ1) is 41.7. The minimum atomic E-state index is 0.106. The van der Waals surface area contributed by atoms with Crippen LogP contribution >= 0.6 is 0 Å². The van der Waals surface area contributed by atoms with Gasteiger partial charge in [-0.15, -0.1) is 0 Å². The molecule has 0 fully saturated rings. The molecule has 24 heteroatoms. The summed E-state index contributed by atoms with van der Waals surface area (Å²) in [5, 5.41) is 0. The van der Waals surface area contributed by atoms with E-state index in [1.54, 1.807) is 126 Å². The van der Waals surface area contributed by atoms with Gasteiger partial charge in [-0.3, -0.25) is 19.9 Å². The summed E-state index contributed by atoms with van der Waals surface area (Å²) < 4.78 is 24.8. The highest BCUT2D eigenvalue weighted by molar-refractivity contribution is 6.01. The van der Waals surface area contributed by atoms with Gasteiger partial charge in [0.15, 0.2) is 45.9 Å². The van der Waals surface area contributed by atoms with Crippen molar-refractivity contribution in [1.82, 2.24) is 99.7 Å². The molecule has 0 aromatic carbocycles. The Labute approximate surface area is 403 Å². The van der Waals surface area contributed by atoms with Gasteiger partial charge in [0, 0.05) is 24.8 Å². The molecule has 72 heavy (non-hydrogen) atoms. The van der Waals surface area contributed by atoms with Gasteiger partial charge < -0.3 is 28.9 Å². The first-order valence-corrected chi connectivity index (χ1v) is 21.9. The molecule has 0 atom stereocenters. The van der Waals surface area contributed by atoms with Crippen LogP contribution in [0.25, 0.3) is 90.7 Å². The Kier molecular flexibility index (Phi) is 9.61. The summed E-state index contributed by atoms with van der Waals surface area (Å²) >= 11 is 0. The summed E-state index contributed by atoms with van der Waals surface area (Å²) in [5.41, 5.74) is 4.81. The number of aromatic amines is 2. The van der Waals surface area contributed by atoms with Gasteiger partial charge in [0.05, 0.1) is 24.8 Å². The lowest BCUT2D eigenvalue weighted by atomic mass is 10.3. The average molecular weight is 951 g/mol. The average Bonchev–Trinajstić information content (AvgIpc) is 4.10. The normalized spacial score (nSPS) is 11.6. The smallest absolute Gasteiger partial charge is 0.241 e. The number of nitrogens with zero attached hydrogens (tertiary/aromatic N) is 18. The summed E-state index contributed by atoms with van der Waals surface area (Å²) in [6.45, 7) is 7.05. The van der Waals surface area contributed by atoms with Gasteiger partial charge in [-0.1, -0.05) is 0 Å². The fourth-order valence-electron chi connectivity index (χ4n) is 7.70. The van der Waals surface area contributed by atoms with Crippen molar-refractivity contribution in [2.75, 3.05) is 0 Å². The third kappa shape index (κ3) is 7.43. The van der Waals surface area contributed by atoms with Crippen LogP contribution < -0.4 is 18.9 Å². The highest BCUT2D eigenvalue weighted by Crippen LogP contribution is 2.38. The SMILES string of the molecule is Cc1nc2c(nc1Oc1cccnc1)-c1nc-2nc2[nH]c(nc3nc(nc4[nH]c(n1)c1nc(C)c(Oc5cccnc5)nc41)-c1nc(C)c(Oc4cccnc4)nc1-3)c1nc(C)c(Oc3cccnc3)nc21. The molecule has 24 nitrogen and oxygen atoms in total. The second-order valence-electron chi connectivity index (χ2n) is 16.0. The van der Waals surface area contributed by atoms with Gasteiger partial charge in [-0.05, 0) is 76.2 Å². The molecule has 2 aliphatic heterocycles. The van der Waals surface area contributed by atoms with E-state index in [-0.39, 0.29) is 103 Å². The first-order chi connectivity index (χ1) is 35.2. The molecule has 0 radical (unpaired) electrons. The summed E-state index contributed by atoms with van der Waals surface area (Å²) in [4.78, 5) is 93.1. The quantitative estimate of drug-likeness (QED) is 0.146.